The average Bonchev–Trinajstić information content (AvgIpc) is 2.67. The molecule has 2 unspecified atom stereocenters. The van der Waals surface area contributed by atoms with Crippen molar-refractivity contribution in [3.05, 3.63) is 71.8 Å². The lowest BCUT2D eigenvalue weighted by atomic mass is 9.96. The molecule has 2 aromatic rings. The highest BCUT2D eigenvalue weighted by Crippen LogP contribution is 2.46. The number of esters is 1. The molecule has 0 aromatic heterocycles. The highest BCUT2D eigenvalue weighted by molar-refractivity contribution is 9.10. The van der Waals surface area contributed by atoms with E-state index in [1.807, 2.05) is 67.6 Å². The summed E-state index contributed by atoms with van der Waals surface area (Å²) in [7, 11) is 0. The van der Waals surface area contributed by atoms with E-state index in [9.17, 15) is 9.59 Å². The van der Waals surface area contributed by atoms with Gasteiger partial charge in [0.2, 0.25) is 5.91 Å². The number of rotatable bonds is 4. The van der Waals surface area contributed by atoms with Crippen LogP contribution in [0.2, 0.25) is 0 Å². The Morgan fingerprint density at radius 2 is 1.70 bits per heavy atom. The smallest absolute Gasteiger partial charge is 0.331 e. The molecule has 2 heterocycles. The van der Waals surface area contributed by atoms with Crippen LogP contribution in [0, 0.1) is 0 Å². The summed E-state index contributed by atoms with van der Waals surface area (Å²) < 4.78 is 5.51. The molecule has 1 amide bonds. The Labute approximate surface area is 171 Å². The van der Waals surface area contributed by atoms with Crippen molar-refractivity contribution in [1.82, 2.24) is 4.90 Å². The number of hydrogen-bond donors (Lipinski definition) is 0. The highest BCUT2D eigenvalue weighted by atomic mass is 79.9. The minimum Gasteiger partial charge on any atom is -0.451 e. The van der Waals surface area contributed by atoms with Gasteiger partial charge in [-0.25, -0.2) is 4.79 Å². The van der Waals surface area contributed by atoms with Gasteiger partial charge in [-0.15, -0.1) is 11.8 Å². The van der Waals surface area contributed by atoms with Gasteiger partial charge in [-0.3, -0.25) is 4.79 Å². The van der Waals surface area contributed by atoms with Crippen molar-refractivity contribution in [2.45, 2.75) is 35.2 Å². The SMILES string of the molecule is CC1(Br)CS[C@H]2CC(=O)N2C1C(=O)OC(c1ccccc1)c1ccccc1. The molecule has 2 saturated heterocycles. The Kier molecular flexibility index (Phi) is 5.03. The first-order valence-electron chi connectivity index (χ1n) is 8.89. The zero-order chi connectivity index (χ0) is 19.0. The predicted octanol–water partition coefficient (Wildman–Crippen LogP) is 4.15. The maximum Gasteiger partial charge on any atom is 0.331 e. The summed E-state index contributed by atoms with van der Waals surface area (Å²) in [5, 5.41) is 0.0765. The molecule has 0 saturated carbocycles. The average molecular weight is 446 g/mol. The monoisotopic (exact) mass is 445 g/mol. The van der Waals surface area contributed by atoms with Gasteiger partial charge >= 0.3 is 5.97 Å². The molecule has 4 nitrogen and oxygen atoms in total. The minimum atomic E-state index is -0.625. The second-order valence-electron chi connectivity index (χ2n) is 7.09. The molecule has 140 valence electrons. The first-order valence-corrected chi connectivity index (χ1v) is 10.7. The summed E-state index contributed by atoms with van der Waals surface area (Å²) >= 11 is 5.38. The molecule has 0 N–H and O–H groups in total. The number of halogens is 1. The highest BCUT2D eigenvalue weighted by Gasteiger charge is 2.56. The number of nitrogens with zero attached hydrogens (tertiary/aromatic N) is 1. The van der Waals surface area contributed by atoms with Crippen LogP contribution in [0.3, 0.4) is 0 Å². The number of thioether (sulfide) groups is 1. The van der Waals surface area contributed by atoms with Gasteiger partial charge in [0.05, 0.1) is 16.1 Å². The zero-order valence-corrected chi connectivity index (χ0v) is 17.3. The van der Waals surface area contributed by atoms with E-state index in [4.69, 9.17) is 4.74 Å². The molecule has 27 heavy (non-hydrogen) atoms. The second-order valence-corrected chi connectivity index (χ2v) is 10.1. The maximum atomic E-state index is 13.3. The summed E-state index contributed by atoms with van der Waals surface area (Å²) in [6.07, 6.45) is -0.00851. The van der Waals surface area contributed by atoms with Crippen molar-refractivity contribution in [3.8, 4) is 0 Å². The Bertz CT molecular complexity index is 804. The van der Waals surface area contributed by atoms with E-state index < -0.39 is 16.5 Å². The molecule has 0 spiro atoms. The Balaban J connectivity index is 1.64. The van der Waals surface area contributed by atoms with Crippen LogP contribution in [0.25, 0.3) is 0 Å². The minimum absolute atomic E-state index is 0.01000. The summed E-state index contributed by atoms with van der Waals surface area (Å²) in [4.78, 5) is 27.1. The molecule has 2 aliphatic heterocycles. The summed E-state index contributed by atoms with van der Waals surface area (Å²) in [6, 6.07) is 18.8. The predicted molar refractivity (Wildman–Crippen MR) is 110 cm³/mol. The van der Waals surface area contributed by atoms with Gasteiger partial charge in [0.25, 0.3) is 0 Å². The topological polar surface area (TPSA) is 46.6 Å². The lowest BCUT2D eigenvalue weighted by molar-refractivity contribution is -0.166. The standard InChI is InChI=1S/C21H20BrNO3S/c1-21(22)13-27-17-12-16(24)23(17)19(21)20(25)26-18(14-8-4-2-5-9-14)15-10-6-3-7-11-15/h2-11,17-19H,12-13H2,1H3/t17-,19?,21?/m0/s1. The van der Waals surface area contributed by atoms with Crippen LogP contribution < -0.4 is 0 Å². The fourth-order valence-electron chi connectivity index (χ4n) is 3.60. The molecule has 0 bridgehead atoms. The summed E-state index contributed by atoms with van der Waals surface area (Å²) in [5.74, 6) is 0.393. The van der Waals surface area contributed by atoms with Gasteiger partial charge in [0, 0.05) is 5.75 Å². The van der Waals surface area contributed by atoms with Crippen molar-refractivity contribution in [3.63, 3.8) is 0 Å². The van der Waals surface area contributed by atoms with Gasteiger partial charge in [-0.2, -0.15) is 0 Å². The number of β-lactam (4-membered cyclic amide) rings is 1. The van der Waals surface area contributed by atoms with Crippen LogP contribution in [-0.4, -0.2) is 38.3 Å². The molecule has 6 heteroatoms. The van der Waals surface area contributed by atoms with Crippen molar-refractivity contribution in [2.24, 2.45) is 0 Å². The molecule has 0 radical (unpaired) electrons. The van der Waals surface area contributed by atoms with Crippen LogP contribution >= 0.6 is 27.7 Å². The third-order valence-corrected chi connectivity index (χ3v) is 7.65. The fraction of sp³-hybridized carbons (Fsp3) is 0.333. The van der Waals surface area contributed by atoms with Crippen LogP contribution in [0.5, 0.6) is 0 Å². The Morgan fingerprint density at radius 1 is 1.15 bits per heavy atom. The maximum absolute atomic E-state index is 13.3. The van der Waals surface area contributed by atoms with E-state index in [-0.39, 0.29) is 17.3 Å². The molecule has 2 fully saturated rings. The molecule has 4 rings (SSSR count). The Hall–Kier alpha value is -1.79. The molecular formula is C21H20BrNO3S. The van der Waals surface area contributed by atoms with Gasteiger partial charge in [0.1, 0.15) is 6.04 Å². The summed E-state index contributed by atoms with van der Waals surface area (Å²) in [6.45, 7) is 1.95. The number of carbonyl (C=O) groups is 2. The third kappa shape index (κ3) is 3.52. The Morgan fingerprint density at radius 3 is 2.22 bits per heavy atom. The first kappa shape index (κ1) is 18.6. The van der Waals surface area contributed by atoms with Gasteiger partial charge in [-0.1, -0.05) is 76.6 Å². The van der Waals surface area contributed by atoms with Crippen molar-refractivity contribution in [2.75, 3.05) is 5.75 Å². The normalized spacial score (nSPS) is 27.1. The van der Waals surface area contributed by atoms with E-state index in [2.05, 4.69) is 15.9 Å². The lowest BCUT2D eigenvalue weighted by Gasteiger charge is -2.53. The second kappa shape index (κ2) is 7.32. The van der Waals surface area contributed by atoms with Gasteiger partial charge in [-0.05, 0) is 18.1 Å². The molecule has 2 aliphatic rings. The number of benzene rings is 2. The van der Waals surface area contributed by atoms with E-state index in [0.29, 0.717) is 6.42 Å². The van der Waals surface area contributed by atoms with E-state index >= 15 is 0 Å². The first-order chi connectivity index (χ1) is 13.0. The van der Waals surface area contributed by atoms with Crippen LogP contribution in [0.4, 0.5) is 0 Å². The lowest BCUT2D eigenvalue weighted by Crippen LogP contribution is -2.68. The molecule has 3 atom stereocenters. The van der Waals surface area contributed by atoms with E-state index in [0.717, 1.165) is 16.9 Å². The number of fused-ring (bicyclic) bond motifs is 1. The zero-order valence-electron chi connectivity index (χ0n) is 14.9. The van der Waals surface area contributed by atoms with Crippen LogP contribution in [0.1, 0.15) is 30.6 Å². The fourth-order valence-corrected chi connectivity index (χ4v) is 5.74. The molecular weight excluding hydrogens is 426 g/mol. The molecule has 0 aliphatic carbocycles. The number of carbonyl (C=O) groups excluding carboxylic acids is 2. The largest absolute Gasteiger partial charge is 0.451 e. The summed E-state index contributed by atoms with van der Waals surface area (Å²) in [5.41, 5.74) is 1.81. The third-order valence-electron chi connectivity index (χ3n) is 5.02. The quantitative estimate of drug-likeness (QED) is 0.402. The van der Waals surface area contributed by atoms with Gasteiger partial charge in [0.15, 0.2) is 6.10 Å². The molecule has 2 aromatic carbocycles. The number of hydrogen-bond acceptors (Lipinski definition) is 4. The number of alkyl halides is 1. The van der Waals surface area contributed by atoms with Crippen molar-refractivity contribution >= 4 is 39.6 Å². The van der Waals surface area contributed by atoms with Gasteiger partial charge < -0.3 is 9.64 Å². The number of amides is 1. The van der Waals surface area contributed by atoms with Crippen LogP contribution in [-0.2, 0) is 14.3 Å². The van der Waals surface area contributed by atoms with Crippen molar-refractivity contribution < 1.29 is 14.3 Å². The van der Waals surface area contributed by atoms with Crippen molar-refractivity contribution in [1.29, 1.82) is 0 Å². The van der Waals surface area contributed by atoms with E-state index in [1.54, 1.807) is 16.7 Å². The van der Waals surface area contributed by atoms with E-state index in [1.165, 1.54) is 0 Å². The van der Waals surface area contributed by atoms with Crippen LogP contribution in [0.15, 0.2) is 60.7 Å². The number of ether oxygens (including phenoxy) is 1.